The van der Waals surface area contributed by atoms with Crippen LogP contribution in [0.3, 0.4) is 0 Å². The molecule has 1 aliphatic carbocycles. The van der Waals surface area contributed by atoms with E-state index in [9.17, 15) is 40.6 Å². The number of alkyl halides is 5. The average molecular weight is 646 g/mol. The van der Waals surface area contributed by atoms with Crippen LogP contribution in [0.5, 0.6) is 11.5 Å². The van der Waals surface area contributed by atoms with Gasteiger partial charge in [0.25, 0.3) is 0 Å². The number of fused-ring (bicyclic) bond motifs is 1. The Bertz CT molecular complexity index is 1360. The van der Waals surface area contributed by atoms with Crippen LogP contribution in [0.4, 0.5) is 22.0 Å². The van der Waals surface area contributed by atoms with E-state index in [1.165, 1.54) is 11.1 Å². The van der Waals surface area contributed by atoms with Gasteiger partial charge in [0.1, 0.15) is 21.3 Å². The van der Waals surface area contributed by atoms with Crippen molar-refractivity contribution in [2.24, 2.45) is 0 Å². The highest BCUT2D eigenvalue weighted by atomic mass is 32.2. The van der Waals surface area contributed by atoms with Gasteiger partial charge in [-0.3, -0.25) is 0 Å². The van der Waals surface area contributed by atoms with Crippen molar-refractivity contribution < 1.29 is 40.6 Å². The first-order valence-electron chi connectivity index (χ1n) is 15.4. The van der Waals surface area contributed by atoms with Gasteiger partial charge in [0.2, 0.25) is 0 Å². The minimum atomic E-state index is -5.66. The molecule has 0 atom stereocenters. The van der Waals surface area contributed by atoms with E-state index >= 15 is 0 Å². The third-order valence-corrected chi connectivity index (χ3v) is 9.99. The molecule has 0 heterocycles. The van der Waals surface area contributed by atoms with E-state index in [0.717, 1.165) is 81.1 Å². The first-order chi connectivity index (χ1) is 20.7. The summed E-state index contributed by atoms with van der Waals surface area (Å²) < 4.78 is 86.7. The van der Waals surface area contributed by atoms with Gasteiger partial charge >= 0.3 is 12.1 Å². The van der Waals surface area contributed by atoms with Crippen LogP contribution in [-0.4, -0.2) is 67.3 Å². The van der Waals surface area contributed by atoms with E-state index in [2.05, 4.69) is 4.90 Å². The largest absolute Gasteiger partial charge is 0.508 e. The van der Waals surface area contributed by atoms with Crippen molar-refractivity contribution in [1.82, 2.24) is 4.90 Å². The Morgan fingerprint density at radius 1 is 0.795 bits per heavy atom. The number of allylic oxidation sites excluding steroid dienone is 2. The maximum absolute atomic E-state index is 13.0. The van der Waals surface area contributed by atoms with Crippen LogP contribution in [0.15, 0.2) is 42.5 Å². The number of hydrogen-bond donors (Lipinski definition) is 2. The zero-order chi connectivity index (χ0) is 32.4. The molecule has 0 fully saturated rings. The predicted octanol–water partition coefficient (Wildman–Crippen LogP) is 8.40. The molecular weight excluding hydrogens is 601 g/mol. The maximum Gasteiger partial charge on any atom is 0.453 e. The lowest BCUT2D eigenvalue weighted by Gasteiger charge is -2.19. The molecule has 246 valence electrons. The second-order valence-electron chi connectivity index (χ2n) is 11.8. The molecule has 0 spiro atoms. The number of halogens is 5. The number of hydrogen-bond acceptors (Lipinski definition) is 5. The number of rotatable bonds is 17. The van der Waals surface area contributed by atoms with Gasteiger partial charge in [-0.2, -0.15) is 22.0 Å². The van der Waals surface area contributed by atoms with Crippen LogP contribution in [0.25, 0.3) is 11.1 Å². The van der Waals surface area contributed by atoms with Crippen molar-refractivity contribution in [3.05, 3.63) is 59.2 Å². The van der Waals surface area contributed by atoms with Crippen molar-refractivity contribution in [3.8, 4) is 11.5 Å². The van der Waals surface area contributed by atoms with Gasteiger partial charge in [0.05, 0.1) is 11.5 Å². The van der Waals surface area contributed by atoms with Crippen molar-refractivity contribution >= 4 is 21.0 Å². The van der Waals surface area contributed by atoms with Gasteiger partial charge in [0, 0.05) is 6.42 Å². The van der Waals surface area contributed by atoms with E-state index in [0.29, 0.717) is 12.8 Å². The number of aromatic hydroxyl groups is 2. The molecule has 0 saturated carbocycles. The number of sulfone groups is 1. The second-order valence-corrected chi connectivity index (χ2v) is 14.1. The monoisotopic (exact) mass is 645 g/mol. The molecule has 0 unspecified atom stereocenters. The Balaban J connectivity index is 1.40. The summed E-state index contributed by atoms with van der Waals surface area (Å²) in [5.74, 6) is -5.25. The predicted molar refractivity (Wildman–Crippen MR) is 165 cm³/mol. The maximum atomic E-state index is 13.0. The first-order valence-corrected chi connectivity index (χ1v) is 17.2. The van der Waals surface area contributed by atoms with E-state index < -0.39 is 40.5 Å². The number of unbranched alkanes of at least 4 members (excludes halogenated alkanes) is 4. The Morgan fingerprint density at radius 3 is 2.14 bits per heavy atom. The topological polar surface area (TPSA) is 77.8 Å². The number of benzene rings is 2. The zero-order valence-electron chi connectivity index (χ0n) is 25.3. The molecule has 0 amide bonds. The van der Waals surface area contributed by atoms with Crippen molar-refractivity contribution in [2.45, 2.75) is 89.1 Å². The van der Waals surface area contributed by atoms with Crippen molar-refractivity contribution in [2.75, 3.05) is 31.6 Å². The molecule has 0 saturated heterocycles. The Kier molecular flexibility index (Phi) is 13.1. The number of phenols is 2. The van der Waals surface area contributed by atoms with E-state index in [4.69, 9.17) is 0 Å². The van der Waals surface area contributed by atoms with Crippen LogP contribution in [0, 0.1) is 0 Å². The summed E-state index contributed by atoms with van der Waals surface area (Å²) in [6.45, 7) is 1.66. The molecular formula is C33H44F5NO4S. The van der Waals surface area contributed by atoms with Gasteiger partial charge in [-0.15, -0.1) is 0 Å². The van der Waals surface area contributed by atoms with Crippen LogP contribution in [0.1, 0.15) is 87.3 Å². The Morgan fingerprint density at radius 2 is 1.45 bits per heavy atom. The standard InChI is InChI=1S/C33H44F5NO4S/c1-39(20-6-3-7-21-44(42,43)22-10-18-32(34,35)33(36,37)38)19-5-2-4-14-31-29(25-11-8-13-27(40)23-25)15-9-12-26-24-28(41)16-17-30(26)31/h8,11,13,16-17,23-24,40-41H,2-7,9-10,12,14-15,18-22H2,1H3. The average Bonchev–Trinajstić information content (AvgIpc) is 3.10. The Labute approximate surface area is 257 Å². The first kappa shape index (κ1) is 35.8. The summed E-state index contributed by atoms with van der Waals surface area (Å²) in [5, 5.41) is 20.1. The van der Waals surface area contributed by atoms with Gasteiger partial charge in [-0.1, -0.05) is 31.0 Å². The molecule has 3 rings (SSSR count). The number of aryl methyl sites for hydroxylation is 1. The van der Waals surface area contributed by atoms with Crippen LogP contribution in [-0.2, 0) is 16.3 Å². The normalized spacial score (nSPS) is 14.6. The highest BCUT2D eigenvalue weighted by molar-refractivity contribution is 7.91. The highest BCUT2D eigenvalue weighted by Crippen LogP contribution is 2.41. The fourth-order valence-corrected chi connectivity index (χ4v) is 7.19. The molecule has 0 bridgehead atoms. The number of phenolic OH excluding ortho intramolecular Hbond substituents is 2. The molecule has 2 aromatic rings. The lowest BCUT2D eigenvalue weighted by molar-refractivity contribution is -0.284. The molecule has 0 radical (unpaired) electrons. The summed E-state index contributed by atoms with van der Waals surface area (Å²) in [7, 11) is -1.66. The summed E-state index contributed by atoms with van der Waals surface area (Å²) in [6, 6.07) is 13.0. The zero-order valence-corrected chi connectivity index (χ0v) is 26.1. The van der Waals surface area contributed by atoms with Crippen molar-refractivity contribution in [1.29, 1.82) is 0 Å². The lowest BCUT2D eigenvalue weighted by Crippen LogP contribution is -2.36. The van der Waals surface area contributed by atoms with E-state index in [-0.39, 0.29) is 17.3 Å². The van der Waals surface area contributed by atoms with Gasteiger partial charge < -0.3 is 15.1 Å². The quantitative estimate of drug-likeness (QED) is 0.134. The molecule has 11 heteroatoms. The SMILES string of the molecule is CN(CCCCCC1=C(c2cccc(O)c2)CCCc2cc(O)ccc21)CCCCCS(=O)(=O)CCCC(F)(F)C(F)(F)F. The summed E-state index contributed by atoms with van der Waals surface area (Å²) in [5.41, 5.74) is 5.84. The Hall–Kier alpha value is -2.66. The fraction of sp³-hybridized carbons (Fsp3) is 0.576. The smallest absolute Gasteiger partial charge is 0.453 e. The van der Waals surface area contributed by atoms with Gasteiger partial charge in [-0.05, 0) is 130 Å². The molecule has 1 aliphatic rings. The van der Waals surface area contributed by atoms with E-state index in [1.54, 1.807) is 12.1 Å². The van der Waals surface area contributed by atoms with Gasteiger partial charge in [0.15, 0.2) is 0 Å². The fourth-order valence-electron chi connectivity index (χ4n) is 5.76. The molecule has 44 heavy (non-hydrogen) atoms. The molecule has 2 aromatic carbocycles. The van der Waals surface area contributed by atoms with Crippen LogP contribution >= 0.6 is 0 Å². The van der Waals surface area contributed by atoms with E-state index in [1.807, 2.05) is 37.4 Å². The lowest BCUT2D eigenvalue weighted by atomic mass is 9.89. The number of nitrogens with zero attached hydrogens (tertiary/aromatic N) is 1. The van der Waals surface area contributed by atoms with Gasteiger partial charge in [-0.25, -0.2) is 8.42 Å². The minimum absolute atomic E-state index is 0.211. The second kappa shape index (κ2) is 16.1. The minimum Gasteiger partial charge on any atom is -0.508 e. The summed E-state index contributed by atoms with van der Waals surface area (Å²) in [4.78, 5) is 2.19. The third-order valence-electron chi connectivity index (χ3n) is 8.17. The van der Waals surface area contributed by atoms with Crippen LogP contribution in [0.2, 0.25) is 0 Å². The molecule has 0 aromatic heterocycles. The highest BCUT2D eigenvalue weighted by Gasteiger charge is 2.56. The van der Waals surface area contributed by atoms with Crippen LogP contribution < -0.4 is 0 Å². The molecule has 0 aliphatic heterocycles. The summed E-state index contributed by atoms with van der Waals surface area (Å²) >= 11 is 0. The third kappa shape index (κ3) is 11.1. The summed E-state index contributed by atoms with van der Waals surface area (Å²) in [6.07, 6.45) is 0.453. The van der Waals surface area contributed by atoms with Crippen molar-refractivity contribution in [3.63, 3.8) is 0 Å². The molecule has 2 N–H and O–H groups in total. The molecule has 5 nitrogen and oxygen atoms in total.